The molecule has 3 nitrogen and oxygen atoms in total. The molecule has 19 heavy (non-hydrogen) atoms. The lowest BCUT2D eigenvalue weighted by molar-refractivity contribution is 0.417. The fraction of sp³-hybridized carbons (Fsp3) is 0.812. The lowest BCUT2D eigenvalue weighted by Crippen LogP contribution is -2.12. The number of nitrogen functional groups attached to an aromatic ring is 1. The van der Waals surface area contributed by atoms with Crippen LogP contribution in [0.1, 0.15) is 89.1 Å². The Morgan fingerprint density at radius 3 is 2.53 bits per heavy atom. The molecule has 3 heteroatoms. The Bertz CT molecular complexity index is 402. The molecule has 2 rings (SSSR count). The molecule has 2 N–H and O–H groups in total. The van der Waals surface area contributed by atoms with Gasteiger partial charge in [-0.3, -0.25) is 0 Å². The smallest absolute Gasteiger partial charge is 0.127 e. The van der Waals surface area contributed by atoms with Crippen molar-refractivity contribution in [2.45, 2.75) is 84.1 Å². The van der Waals surface area contributed by atoms with Crippen LogP contribution in [0, 0.1) is 0 Å². The number of anilines is 1. The first kappa shape index (κ1) is 14.4. The first-order chi connectivity index (χ1) is 9.19. The molecule has 108 valence electrons. The molecule has 1 heterocycles. The van der Waals surface area contributed by atoms with Crippen molar-refractivity contribution in [3.63, 3.8) is 0 Å². The third-order valence-electron chi connectivity index (χ3n) is 4.54. The molecule has 1 aromatic rings. The minimum absolute atomic E-state index is 0.486. The summed E-state index contributed by atoms with van der Waals surface area (Å²) in [6.07, 6.45) is 9.03. The molecule has 1 fully saturated rings. The molecule has 0 saturated heterocycles. The summed E-state index contributed by atoms with van der Waals surface area (Å²) in [5.41, 5.74) is 7.50. The Labute approximate surface area is 117 Å². The van der Waals surface area contributed by atoms with Gasteiger partial charge in [0, 0.05) is 18.4 Å². The van der Waals surface area contributed by atoms with E-state index < -0.39 is 0 Å². The van der Waals surface area contributed by atoms with Gasteiger partial charge in [0.2, 0.25) is 0 Å². The maximum atomic E-state index is 6.35. The van der Waals surface area contributed by atoms with E-state index in [1.54, 1.807) is 0 Å². The molecule has 1 aromatic heterocycles. The van der Waals surface area contributed by atoms with Crippen molar-refractivity contribution in [1.82, 2.24) is 9.55 Å². The zero-order chi connectivity index (χ0) is 13.8. The lowest BCUT2D eigenvalue weighted by Gasteiger charge is -2.21. The summed E-state index contributed by atoms with van der Waals surface area (Å²) in [6, 6.07) is 0. The Hall–Kier alpha value is -0.990. The lowest BCUT2D eigenvalue weighted by atomic mass is 9.88. The highest BCUT2D eigenvalue weighted by Gasteiger charge is 2.25. The zero-order valence-corrected chi connectivity index (χ0v) is 12.8. The number of aromatic nitrogens is 2. The second kappa shape index (κ2) is 6.44. The van der Waals surface area contributed by atoms with Crippen molar-refractivity contribution in [3.05, 3.63) is 11.5 Å². The highest BCUT2D eigenvalue weighted by Crippen LogP contribution is 2.36. The molecular weight excluding hydrogens is 234 g/mol. The van der Waals surface area contributed by atoms with E-state index in [2.05, 4.69) is 25.3 Å². The highest BCUT2D eigenvalue weighted by molar-refractivity contribution is 5.41. The normalized spacial score (nSPS) is 18.7. The fourth-order valence-corrected chi connectivity index (χ4v) is 3.44. The summed E-state index contributed by atoms with van der Waals surface area (Å²) in [4.78, 5) is 4.96. The molecule has 0 bridgehead atoms. The van der Waals surface area contributed by atoms with E-state index in [0.29, 0.717) is 11.8 Å². The number of nitrogens with zero attached hydrogens (tertiary/aromatic N) is 2. The molecule has 0 aliphatic heterocycles. The van der Waals surface area contributed by atoms with Gasteiger partial charge in [-0.15, -0.1) is 0 Å². The Morgan fingerprint density at radius 2 is 1.95 bits per heavy atom. The second-order valence-corrected chi connectivity index (χ2v) is 6.01. The largest absolute Gasteiger partial charge is 0.384 e. The molecule has 1 aliphatic rings. The van der Waals surface area contributed by atoms with Crippen LogP contribution in [0.5, 0.6) is 0 Å². The second-order valence-electron chi connectivity index (χ2n) is 6.01. The quantitative estimate of drug-likeness (QED) is 0.853. The van der Waals surface area contributed by atoms with Crippen molar-refractivity contribution in [2.75, 3.05) is 5.73 Å². The minimum atomic E-state index is 0.486. The van der Waals surface area contributed by atoms with E-state index in [-0.39, 0.29) is 0 Å². The molecule has 1 atom stereocenters. The van der Waals surface area contributed by atoms with Crippen molar-refractivity contribution in [3.8, 4) is 0 Å². The number of nitrogens with two attached hydrogens (primary N) is 1. The van der Waals surface area contributed by atoms with Gasteiger partial charge in [0.05, 0.1) is 5.69 Å². The third kappa shape index (κ3) is 2.96. The predicted molar refractivity (Wildman–Crippen MR) is 81.5 cm³/mol. The van der Waals surface area contributed by atoms with Gasteiger partial charge >= 0.3 is 0 Å². The summed E-state index contributed by atoms with van der Waals surface area (Å²) in [7, 11) is 0. The standard InChI is InChI=1S/C16H29N3/c1-4-9-12(3)14-15(17)19(5-2)16(18-14)13-10-7-6-8-11-13/h12-13H,4-11,17H2,1-3H3. The van der Waals surface area contributed by atoms with Crippen LogP contribution < -0.4 is 5.73 Å². The van der Waals surface area contributed by atoms with E-state index in [9.17, 15) is 0 Å². The van der Waals surface area contributed by atoms with Gasteiger partial charge in [-0.1, -0.05) is 39.5 Å². The van der Waals surface area contributed by atoms with Crippen LogP contribution in [0.15, 0.2) is 0 Å². The molecular formula is C16H29N3. The number of imidazole rings is 1. The van der Waals surface area contributed by atoms with Crippen LogP contribution in [-0.4, -0.2) is 9.55 Å². The summed E-state index contributed by atoms with van der Waals surface area (Å²) >= 11 is 0. The third-order valence-corrected chi connectivity index (χ3v) is 4.54. The predicted octanol–water partition coefficient (Wildman–Crippen LogP) is 4.44. The Balaban J connectivity index is 2.29. The maximum absolute atomic E-state index is 6.35. The SMILES string of the molecule is CCCC(C)c1nc(C2CCCCC2)n(CC)c1N. The van der Waals surface area contributed by atoms with E-state index in [4.69, 9.17) is 10.7 Å². The summed E-state index contributed by atoms with van der Waals surface area (Å²) in [6.45, 7) is 7.61. The number of hydrogen-bond acceptors (Lipinski definition) is 2. The van der Waals surface area contributed by atoms with Crippen LogP contribution >= 0.6 is 0 Å². The Morgan fingerprint density at radius 1 is 1.26 bits per heavy atom. The Kier molecular flexibility index (Phi) is 4.89. The molecule has 0 amide bonds. The molecule has 1 aliphatic carbocycles. The van der Waals surface area contributed by atoms with Crippen LogP contribution in [0.3, 0.4) is 0 Å². The first-order valence-corrected chi connectivity index (χ1v) is 8.04. The van der Waals surface area contributed by atoms with E-state index in [1.807, 2.05) is 0 Å². The van der Waals surface area contributed by atoms with Crippen molar-refractivity contribution < 1.29 is 0 Å². The van der Waals surface area contributed by atoms with Gasteiger partial charge in [0.1, 0.15) is 11.6 Å². The fourth-order valence-electron chi connectivity index (χ4n) is 3.44. The van der Waals surface area contributed by atoms with Crippen molar-refractivity contribution in [1.29, 1.82) is 0 Å². The van der Waals surface area contributed by atoms with Gasteiger partial charge in [0.25, 0.3) is 0 Å². The van der Waals surface area contributed by atoms with Crippen LogP contribution in [0.4, 0.5) is 5.82 Å². The van der Waals surface area contributed by atoms with E-state index >= 15 is 0 Å². The van der Waals surface area contributed by atoms with E-state index in [1.165, 1.54) is 50.8 Å². The molecule has 1 unspecified atom stereocenters. The van der Waals surface area contributed by atoms with Gasteiger partial charge in [-0.25, -0.2) is 4.98 Å². The average Bonchev–Trinajstić information content (AvgIpc) is 2.77. The topological polar surface area (TPSA) is 43.8 Å². The van der Waals surface area contributed by atoms with Gasteiger partial charge in [-0.05, 0) is 26.2 Å². The summed E-state index contributed by atoms with van der Waals surface area (Å²) in [5, 5.41) is 0. The molecule has 1 saturated carbocycles. The van der Waals surface area contributed by atoms with E-state index in [0.717, 1.165) is 18.1 Å². The van der Waals surface area contributed by atoms with Crippen LogP contribution in [0.2, 0.25) is 0 Å². The minimum Gasteiger partial charge on any atom is -0.384 e. The van der Waals surface area contributed by atoms with Gasteiger partial charge < -0.3 is 10.3 Å². The average molecular weight is 263 g/mol. The molecule has 0 radical (unpaired) electrons. The van der Waals surface area contributed by atoms with Crippen molar-refractivity contribution in [2.24, 2.45) is 0 Å². The van der Waals surface area contributed by atoms with Gasteiger partial charge in [0.15, 0.2) is 0 Å². The summed E-state index contributed by atoms with van der Waals surface area (Å²) < 4.78 is 2.26. The zero-order valence-electron chi connectivity index (χ0n) is 12.8. The van der Waals surface area contributed by atoms with Crippen LogP contribution in [-0.2, 0) is 6.54 Å². The number of hydrogen-bond donors (Lipinski definition) is 1. The first-order valence-electron chi connectivity index (χ1n) is 8.04. The van der Waals surface area contributed by atoms with Crippen molar-refractivity contribution >= 4 is 5.82 Å². The number of rotatable bonds is 5. The molecule has 0 spiro atoms. The highest BCUT2D eigenvalue weighted by atomic mass is 15.1. The van der Waals surface area contributed by atoms with Gasteiger partial charge in [-0.2, -0.15) is 0 Å². The van der Waals surface area contributed by atoms with Crippen LogP contribution in [0.25, 0.3) is 0 Å². The molecule has 0 aromatic carbocycles. The monoisotopic (exact) mass is 263 g/mol. The summed E-state index contributed by atoms with van der Waals surface area (Å²) in [5.74, 6) is 3.31. The maximum Gasteiger partial charge on any atom is 0.127 e.